The number of hydrogen-bond acceptors (Lipinski definition) is 3. The average molecular weight is 298 g/mol. The van der Waals surface area contributed by atoms with Gasteiger partial charge in [-0.25, -0.2) is 4.98 Å². The van der Waals surface area contributed by atoms with Gasteiger partial charge in [-0.15, -0.1) is 0 Å². The number of hydrogen-bond donors (Lipinski definition) is 1. The van der Waals surface area contributed by atoms with E-state index in [2.05, 4.69) is 4.98 Å². The maximum absolute atomic E-state index is 12.8. The van der Waals surface area contributed by atoms with Gasteiger partial charge >= 0.3 is 6.18 Å². The van der Waals surface area contributed by atoms with Gasteiger partial charge in [0.15, 0.2) is 0 Å². The molecule has 1 aromatic heterocycles. The first kappa shape index (κ1) is 14.3. The van der Waals surface area contributed by atoms with Crippen LogP contribution in [0.4, 0.5) is 13.2 Å². The SMILES string of the molecule is NC(=S)c1cccc(Oc2ccccc2C(F)(F)F)n1. The molecule has 20 heavy (non-hydrogen) atoms. The standard InChI is InChI=1S/C13H9F3N2OS/c14-13(15,16)8-4-1-2-6-10(8)19-11-7-3-5-9(18-11)12(17)20/h1-7H,(H2,17,20). The maximum Gasteiger partial charge on any atom is 0.419 e. The van der Waals surface area contributed by atoms with Gasteiger partial charge in [-0.1, -0.05) is 30.4 Å². The number of pyridine rings is 1. The van der Waals surface area contributed by atoms with Crippen molar-refractivity contribution in [3.63, 3.8) is 0 Å². The minimum absolute atomic E-state index is 0.00741. The van der Waals surface area contributed by atoms with E-state index in [4.69, 9.17) is 22.7 Å². The van der Waals surface area contributed by atoms with Gasteiger partial charge in [-0.3, -0.25) is 0 Å². The van der Waals surface area contributed by atoms with Crippen molar-refractivity contribution in [3.8, 4) is 11.6 Å². The zero-order valence-electron chi connectivity index (χ0n) is 10.0. The molecular formula is C13H9F3N2OS. The molecule has 0 aliphatic heterocycles. The molecule has 0 aliphatic carbocycles. The van der Waals surface area contributed by atoms with E-state index in [0.717, 1.165) is 6.07 Å². The third-order valence-electron chi connectivity index (χ3n) is 2.38. The number of halogens is 3. The summed E-state index contributed by atoms with van der Waals surface area (Å²) in [5.41, 5.74) is 4.82. The number of ether oxygens (including phenoxy) is 1. The van der Waals surface area contributed by atoms with Crippen LogP contribution in [0.25, 0.3) is 0 Å². The molecule has 2 rings (SSSR count). The Balaban J connectivity index is 2.36. The summed E-state index contributed by atoms with van der Waals surface area (Å²) in [5, 5.41) is 0. The Morgan fingerprint density at radius 3 is 2.45 bits per heavy atom. The molecule has 1 heterocycles. The number of aromatic nitrogens is 1. The van der Waals surface area contributed by atoms with E-state index in [-0.39, 0.29) is 22.3 Å². The van der Waals surface area contributed by atoms with Crippen LogP contribution >= 0.6 is 12.2 Å². The second-order valence-electron chi connectivity index (χ2n) is 3.82. The van der Waals surface area contributed by atoms with Gasteiger partial charge in [0.2, 0.25) is 5.88 Å². The van der Waals surface area contributed by atoms with Crippen LogP contribution in [-0.2, 0) is 6.18 Å². The van der Waals surface area contributed by atoms with E-state index < -0.39 is 11.7 Å². The molecule has 2 N–H and O–H groups in total. The number of nitrogens with zero attached hydrogens (tertiary/aromatic N) is 1. The summed E-state index contributed by atoms with van der Waals surface area (Å²) in [6, 6.07) is 9.41. The van der Waals surface area contributed by atoms with Gasteiger partial charge in [-0.2, -0.15) is 13.2 Å². The Bertz CT molecular complexity index is 644. The van der Waals surface area contributed by atoms with Crippen LogP contribution in [0.15, 0.2) is 42.5 Å². The maximum atomic E-state index is 12.8. The largest absolute Gasteiger partial charge is 0.438 e. The first-order chi connectivity index (χ1) is 9.38. The minimum Gasteiger partial charge on any atom is -0.438 e. The fourth-order valence-corrected chi connectivity index (χ4v) is 1.63. The molecule has 0 amide bonds. The van der Waals surface area contributed by atoms with E-state index in [1.54, 1.807) is 12.1 Å². The van der Waals surface area contributed by atoms with Gasteiger partial charge in [0, 0.05) is 6.07 Å². The normalized spacial score (nSPS) is 11.2. The van der Waals surface area contributed by atoms with Crippen molar-refractivity contribution in [3.05, 3.63) is 53.7 Å². The number of benzene rings is 1. The number of thiocarbonyl (C=S) groups is 1. The minimum atomic E-state index is -4.50. The molecule has 1 aromatic carbocycles. The third-order valence-corrected chi connectivity index (χ3v) is 2.59. The molecular weight excluding hydrogens is 289 g/mol. The summed E-state index contributed by atoms with van der Waals surface area (Å²) in [6.45, 7) is 0. The van der Waals surface area contributed by atoms with Crippen LogP contribution in [0.2, 0.25) is 0 Å². The molecule has 0 bridgehead atoms. The summed E-state index contributed by atoms with van der Waals surface area (Å²) in [4.78, 5) is 3.98. The molecule has 3 nitrogen and oxygen atoms in total. The van der Waals surface area contributed by atoms with Gasteiger partial charge in [0.25, 0.3) is 0 Å². The lowest BCUT2D eigenvalue weighted by atomic mass is 10.2. The molecule has 0 unspecified atom stereocenters. The molecule has 0 spiro atoms. The lowest BCUT2D eigenvalue weighted by Crippen LogP contribution is -2.12. The van der Waals surface area contributed by atoms with Crippen molar-refractivity contribution in [2.24, 2.45) is 5.73 Å². The number of nitrogens with two attached hydrogens (primary N) is 1. The highest BCUT2D eigenvalue weighted by atomic mass is 32.1. The Morgan fingerprint density at radius 1 is 1.10 bits per heavy atom. The van der Waals surface area contributed by atoms with Crippen molar-refractivity contribution in [1.82, 2.24) is 4.98 Å². The third kappa shape index (κ3) is 3.24. The first-order valence-corrected chi connectivity index (χ1v) is 5.89. The summed E-state index contributed by atoms with van der Waals surface area (Å²) < 4.78 is 43.6. The predicted molar refractivity (Wildman–Crippen MR) is 71.6 cm³/mol. The highest BCUT2D eigenvalue weighted by molar-refractivity contribution is 7.80. The fourth-order valence-electron chi connectivity index (χ4n) is 1.51. The molecule has 2 aromatic rings. The summed E-state index contributed by atoms with van der Waals surface area (Å²) in [6.07, 6.45) is -4.50. The zero-order valence-corrected chi connectivity index (χ0v) is 10.8. The molecule has 0 atom stereocenters. The summed E-state index contributed by atoms with van der Waals surface area (Å²) in [7, 11) is 0. The Hall–Kier alpha value is -2.15. The first-order valence-electron chi connectivity index (χ1n) is 5.49. The van der Waals surface area contributed by atoms with Crippen molar-refractivity contribution in [2.45, 2.75) is 6.18 Å². The molecule has 104 valence electrons. The molecule has 7 heteroatoms. The zero-order chi connectivity index (χ0) is 14.8. The van der Waals surface area contributed by atoms with Crippen molar-refractivity contribution >= 4 is 17.2 Å². The van der Waals surface area contributed by atoms with Gasteiger partial charge in [0.1, 0.15) is 16.4 Å². The monoisotopic (exact) mass is 298 g/mol. The van der Waals surface area contributed by atoms with Gasteiger partial charge in [-0.05, 0) is 18.2 Å². The fraction of sp³-hybridized carbons (Fsp3) is 0.0769. The van der Waals surface area contributed by atoms with E-state index in [0.29, 0.717) is 0 Å². The predicted octanol–water partition coefficient (Wildman–Crippen LogP) is 3.53. The quantitative estimate of drug-likeness (QED) is 0.881. The molecule has 0 fully saturated rings. The number of rotatable bonds is 3. The van der Waals surface area contributed by atoms with E-state index in [1.807, 2.05) is 0 Å². The lowest BCUT2D eigenvalue weighted by molar-refractivity contribution is -0.138. The molecule has 0 saturated carbocycles. The highest BCUT2D eigenvalue weighted by Crippen LogP contribution is 2.37. The topological polar surface area (TPSA) is 48.1 Å². The highest BCUT2D eigenvalue weighted by Gasteiger charge is 2.34. The Kier molecular flexibility index (Phi) is 3.89. The lowest BCUT2D eigenvalue weighted by Gasteiger charge is -2.13. The number of alkyl halides is 3. The van der Waals surface area contributed by atoms with Crippen LogP contribution in [0.1, 0.15) is 11.3 Å². The summed E-state index contributed by atoms with van der Waals surface area (Å²) in [5.74, 6) is -0.334. The smallest absolute Gasteiger partial charge is 0.419 e. The molecule has 0 aliphatic rings. The van der Waals surface area contributed by atoms with Crippen LogP contribution in [0.3, 0.4) is 0 Å². The van der Waals surface area contributed by atoms with Crippen LogP contribution < -0.4 is 10.5 Å². The Morgan fingerprint density at radius 2 is 1.80 bits per heavy atom. The van der Waals surface area contributed by atoms with Crippen LogP contribution in [0.5, 0.6) is 11.6 Å². The Labute approximate surface area is 118 Å². The van der Waals surface area contributed by atoms with Crippen molar-refractivity contribution in [2.75, 3.05) is 0 Å². The van der Waals surface area contributed by atoms with Crippen LogP contribution in [-0.4, -0.2) is 9.97 Å². The average Bonchev–Trinajstić information content (AvgIpc) is 2.38. The van der Waals surface area contributed by atoms with Gasteiger partial charge < -0.3 is 10.5 Å². The van der Waals surface area contributed by atoms with Crippen molar-refractivity contribution < 1.29 is 17.9 Å². The van der Waals surface area contributed by atoms with Gasteiger partial charge in [0.05, 0.1) is 5.56 Å². The second-order valence-corrected chi connectivity index (χ2v) is 4.26. The van der Waals surface area contributed by atoms with E-state index >= 15 is 0 Å². The number of para-hydroxylation sites is 1. The van der Waals surface area contributed by atoms with E-state index in [1.165, 1.54) is 24.3 Å². The van der Waals surface area contributed by atoms with Crippen LogP contribution in [0, 0.1) is 0 Å². The van der Waals surface area contributed by atoms with Crippen molar-refractivity contribution in [1.29, 1.82) is 0 Å². The molecule has 0 radical (unpaired) electrons. The summed E-state index contributed by atoms with van der Waals surface area (Å²) >= 11 is 4.75. The van der Waals surface area contributed by atoms with E-state index in [9.17, 15) is 13.2 Å². The second kappa shape index (κ2) is 5.46. The molecule has 0 saturated heterocycles.